The molecule has 0 N–H and O–H groups in total. The van der Waals surface area contributed by atoms with Gasteiger partial charge in [0, 0.05) is 35.2 Å². The van der Waals surface area contributed by atoms with Gasteiger partial charge in [0.1, 0.15) is 17.3 Å². The van der Waals surface area contributed by atoms with Crippen LogP contribution in [0.2, 0.25) is 0 Å². The zero-order valence-electron chi connectivity index (χ0n) is 26.0. The van der Waals surface area contributed by atoms with E-state index in [-0.39, 0.29) is 56.4 Å². The van der Waals surface area contributed by atoms with E-state index in [1.165, 1.54) is 0 Å². The van der Waals surface area contributed by atoms with Gasteiger partial charge >= 0.3 is 6.18 Å². The molecule has 41 heavy (non-hydrogen) atoms. The molecule has 5 aliphatic rings. The minimum atomic E-state index is -4.35. The number of hydrogen-bond acceptors (Lipinski definition) is 4. The van der Waals surface area contributed by atoms with E-state index >= 15 is 0 Å². The predicted molar refractivity (Wildman–Crippen MR) is 150 cm³/mol. The second-order valence-electron chi connectivity index (χ2n) is 16.9. The van der Waals surface area contributed by atoms with E-state index < -0.39 is 24.4 Å². The van der Waals surface area contributed by atoms with Crippen molar-refractivity contribution in [3.8, 4) is 0 Å². The Kier molecular flexibility index (Phi) is 6.25. The Bertz CT molecular complexity index is 1260. The van der Waals surface area contributed by atoms with Crippen molar-refractivity contribution < 1.29 is 27.3 Å². The fourth-order valence-corrected chi connectivity index (χ4v) is 12.0. The van der Waals surface area contributed by atoms with Gasteiger partial charge in [-0.3, -0.25) is 9.59 Å². The lowest BCUT2D eigenvalue weighted by Crippen LogP contribution is -2.69. The largest absolute Gasteiger partial charge is 0.389 e. The molecule has 4 fully saturated rings. The SMILES string of the molecule is CC1(C)CC[C@]2(C(=O)CCC(F)(F)F)CC[C@]3(C)[C@H](C(=O)C[C@@H]4[C@@]5(C)Cc6cnoc6C(C)(C)[C@@H]5CC[C@]43C)[C@@H]2C1. The third kappa shape index (κ3) is 3.94. The molecule has 1 heterocycles. The minimum absolute atomic E-state index is 0.0452. The summed E-state index contributed by atoms with van der Waals surface area (Å²) in [6, 6.07) is 0. The van der Waals surface area contributed by atoms with Crippen molar-refractivity contribution in [2.45, 2.75) is 131 Å². The summed E-state index contributed by atoms with van der Waals surface area (Å²) in [6.07, 6.45) is 2.85. The zero-order valence-corrected chi connectivity index (χ0v) is 26.0. The summed E-state index contributed by atoms with van der Waals surface area (Å²) in [6.45, 7) is 16.1. The van der Waals surface area contributed by atoms with E-state index in [0.29, 0.717) is 25.2 Å². The van der Waals surface area contributed by atoms with Crippen molar-refractivity contribution in [1.82, 2.24) is 5.16 Å². The summed E-state index contributed by atoms with van der Waals surface area (Å²) in [5.41, 5.74) is -0.380. The second kappa shape index (κ2) is 8.71. The number of fused-ring (bicyclic) bond motifs is 8. The van der Waals surface area contributed by atoms with Gasteiger partial charge in [0.25, 0.3) is 0 Å². The van der Waals surface area contributed by atoms with Crippen LogP contribution in [0, 0.1) is 50.7 Å². The molecule has 0 saturated heterocycles. The van der Waals surface area contributed by atoms with Crippen LogP contribution < -0.4 is 0 Å². The molecule has 0 unspecified atom stereocenters. The zero-order chi connectivity index (χ0) is 30.0. The number of nitrogens with zero attached hydrogens (tertiary/aromatic N) is 1. The summed E-state index contributed by atoms with van der Waals surface area (Å²) in [4.78, 5) is 28.5. The smallest absolute Gasteiger partial charge is 0.361 e. The first-order valence-corrected chi connectivity index (χ1v) is 15.9. The topological polar surface area (TPSA) is 60.2 Å². The van der Waals surface area contributed by atoms with Crippen molar-refractivity contribution in [2.24, 2.45) is 50.7 Å². The number of aromatic nitrogens is 1. The minimum Gasteiger partial charge on any atom is -0.361 e. The quantitative estimate of drug-likeness (QED) is 0.362. The van der Waals surface area contributed by atoms with Gasteiger partial charge in [0.05, 0.1) is 12.6 Å². The Morgan fingerprint density at radius 1 is 0.976 bits per heavy atom. The molecule has 7 heteroatoms. The Morgan fingerprint density at radius 2 is 1.66 bits per heavy atom. The van der Waals surface area contributed by atoms with Crippen molar-refractivity contribution >= 4 is 11.6 Å². The van der Waals surface area contributed by atoms with E-state index in [2.05, 4.69) is 53.6 Å². The molecular formula is C34H48F3NO3. The summed E-state index contributed by atoms with van der Waals surface area (Å²) < 4.78 is 45.5. The van der Waals surface area contributed by atoms with Gasteiger partial charge in [0.2, 0.25) is 0 Å². The van der Waals surface area contributed by atoms with Crippen LogP contribution in [-0.4, -0.2) is 22.9 Å². The predicted octanol–water partition coefficient (Wildman–Crippen LogP) is 8.66. The lowest BCUT2D eigenvalue weighted by molar-refractivity contribution is -0.227. The van der Waals surface area contributed by atoms with E-state index in [9.17, 15) is 22.8 Å². The van der Waals surface area contributed by atoms with Crippen molar-refractivity contribution in [3.63, 3.8) is 0 Å². The molecule has 1 aromatic heterocycles. The average molecular weight is 576 g/mol. The van der Waals surface area contributed by atoms with Gasteiger partial charge in [-0.1, -0.05) is 53.6 Å². The summed E-state index contributed by atoms with van der Waals surface area (Å²) in [7, 11) is 0. The maximum Gasteiger partial charge on any atom is 0.389 e. The molecule has 0 amide bonds. The monoisotopic (exact) mass is 575 g/mol. The number of Topliss-reactive ketones (excluding diaryl/α,β-unsaturated/α-hetero) is 2. The van der Waals surface area contributed by atoms with Crippen LogP contribution in [0.15, 0.2) is 10.7 Å². The van der Waals surface area contributed by atoms with Gasteiger partial charge in [0.15, 0.2) is 0 Å². The lowest BCUT2D eigenvalue weighted by atomic mass is 9.31. The molecule has 0 spiro atoms. The van der Waals surface area contributed by atoms with Crippen LogP contribution in [0.25, 0.3) is 0 Å². The van der Waals surface area contributed by atoms with E-state index in [1.54, 1.807) is 0 Å². The van der Waals surface area contributed by atoms with Crippen molar-refractivity contribution in [1.29, 1.82) is 0 Å². The number of alkyl halides is 3. The Hall–Kier alpha value is -1.66. The number of carbonyl (C=O) groups excluding carboxylic acids is 2. The van der Waals surface area contributed by atoms with E-state index in [0.717, 1.165) is 49.8 Å². The van der Waals surface area contributed by atoms with Crippen molar-refractivity contribution in [3.05, 3.63) is 17.5 Å². The first-order valence-electron chi connectivity index (χ1n) is 15.9. The first kappa shape index (κ1) is 29.4. The number of hydrogen-bond donors (Lipinski definition) is 0. The Balaban J connectivity index is 1.41. The number of halogens is 3. The molecule has 228 valence electrons. The molecule has 0 aromatic carbocycles. The van der Waals surface area contributed by atoms with Crippen LogP contribution in [0.4, 0.5) is 13.2 Å². The first-order chi connectivity index (χ1) is 18.8. The van der Waals surface area contributed by atoms with Gasteiger partial charge in [-0.25, -0.2) is 0 Å². The fourth-order valence-electron chi connectivity index (χ4n) is 12.0. The highest BCUT2D eigenvalue weighted by atomic mass is 19.4. The van der Waals surface area contributed by atoms with Crippen LogP contribution in [-0.2, 0) is 21.4 Å². The molecule has 1 aromatic rings. The highest BCUT2D eigenvalue weighted by Crippen LogP contribution is 2.76. The molecule has 8 atom stereocenters. The second-order valence-corrected chi connectivity index (χ2v) is 16.9. The molecule has 4 saturated carbocycles. The van der Waals surface area contributed by atoms with Gasteiger partial charge in [-0.2, -0.15) is 13.2 Å². The molecule has 0 radical (unpaired) electrons. The molecule has 5 aliphatic carbocycles. The lowest BCUT2D eigenvalue weighted by Gasteiger charge is -2.72. The fraction of sp³-hybridized carbons (Fsp3) is 0.853. The van der Waals surface area contributed by atoms with E-state index in [1.807, 2.05) is 6.20 Å². The Labute approximate surface area is 243 Å². The molecule has 0 aliphatic heterocycles. The molecule has 6 rings (SSSR count). The number of rotatable bonds is 3. The van der Waals surface area contributed by atoms with Crippen LogP contribution in [0.1, 0.15) is 124 Å². The number of ketones is 2. The summed E-state index contributed by atoms with van der Waals surface area (Å²) >= 11 is 0. The highest BCUT2D eigenvalue weighted by molar-refractivity contribution is 5.89. The summed E-state index contributed by atoms with van der Waals surface area (Å²) in [5, 5.41) is 4.17. The Morgan fingerprint density at radius 3 is 2.34 bits per heavy atom. The normalized spacial score (nSPS) is 44.6. The standard InChI is InChI=1S/C34H48F3NO3/c1-28(2)12-14-33(25(40)9-11-34(35,36)37)15-13-32(7)26(21(33)18-28)22(39)16-24-30(5)17-20-19-38-41-27(20)29(3,4)23(30)8-10-31(24,32)6/h19,21,23-24,26H,8-18H2,1-7H3/t21-,23-,24+,26-,30-,31+,32+,33-/m0/s1. The van der Waals surface area contributed by atoms with Crippen LogP contribution in [0.5, 0.6) is 0 Å². The summed E-state index contributed by atoms with van der Waals surface area (Å²) in [5.74, 6) is 1.07. The van der Waals surface area contributed by atoms with Gasteiger partial charge in [-0.15, -0.1) is 0 Å². The van der Waals surface area contributed by atoms with Crippen molar-refractivity contribution in [2.75, 3.05) is 0 Å². The molecular weight excluding hydrogens is 527 g/mol. The average Bonchev–Trinajstić information content (AvgIpc) is 3.32. The third-order valence-corrected chi connectivity index (χ3v) is 14.1. The van der Waals surface area contributed by atoms with Gasteiger partial charge in [-0.05, 0) is 90.8 Å². The molecule has 0 bridgehead atoms. The molecule has 4 nitrogen and oxygen atoms in total. The maximum absolute atomic E-state index is 14.6. The van der Waals surface area contributed by atoms with E-state index in [4.69, 9.17) is 4.52 Å². The van der Waals surface area contributed by atoms with Crippen LogP contribution in [0.3, 0.4) is 0 Å². The van der Waals surface area contributed by atoms with Gasteiger partial charge < -0.3 is 4.52 Å². The number of carbonyl (C=O) groups is 2. The van der Waals surface area contributed by atoms with Crippen LogP contribution >= 0.6 is 0 Å². The third-order valence-electron chi connectivity index (χ3n) is 14.1. The highest BCUT2D eigenvalue weighted by Gasteiger charge is 2.73. The maximum atomic E-state index is 14.6.